The molecule has 0 aliphatic carbocycles. The molecule has 0 aromatic carbocycles. The van der Waals surface area contributed by atoms with Crippen LogP contribution in [0.4, 0.5) is 5.69 Å². The number of amides is 1. The second-order valence-electron chi connectivity index (χ2n) is 4.44. The van der Waals surface area contributed by atoms with Gasteiger partial charge in [0, 0.05) is 45.1 Å². The summed E-state index contributed by atoms with van der Waals surface area (Å²) in [6, 6.07) is 3.75. The summed E-state index contributed by atoms with van der Waals surface area (Å²) in [5.74, 6) is -0.120. The van der Waals surface area contributed by atoms with Crippen molar-refractivity contribution in [3.8, 4) is 0 Å². The highest BCUT2D eigenvalue weighted by atomic mass is 16.1. The fraction of sp³-hybridized carbons (Fsp3) is 0.357. The molecule has 6 heteroatoms. The van der Waals surface area contributed by atoms with Crippen LogP contribution in [0.15, 0.2) is 30.7 Å². The first kappa shape index (κ1) is 14.0. The lowest BCUT2D eigenvalue weighted by molar-refractivity contribution is 0.0954. The van der Waals surface area contributed by atoms with Crippen molar-refractivity contribution < 1.29 is 4.79 Å². The second-order valence-corrected chi connectivity index (χ2v) is 4.44. The van der Waals surface area contributed by atoms with Crippen molar-refractivity contribution in [2.24, 2.45) is 7.05 Å². The summed E-state index contributed by atoms with van der Waals surface area (Å²) in [6.07, 6.45) is 5.85. The second kappa shape index (κ2) is 6.70. The molecule has 0 atom stereocenters. The standard InChI is InChI=1S/C14H19N5O/c1-3-16-13-5-7-15-10-12(13)14(20)17-8-4-11-6-9-19(2)18-11/h5-7,9-10H,3-4,8H2,1-2H3,(H,15,16)(H,17,20). The van der Waals surface area contributed by atoms with Gasteiger partial charge in [-0.1, -0.05) is 0 Å². The van der Waals surface area contributed by atoms with Gasteiger partial charge in [-0.3, -0.25) is 14.5 Å². The molecule has 2 aromatic heterocycles. The van der Waals surface area contributed by atoms with Gasteiger partial charge in [-0.2, -0.15) is 5.10 Å². The molecule has 2 rings (SSSR count). The zero-order valence-electron chi connectivity index (χ0n) is 11.8. The predicted molar refractivity (Wildman–Crippen MR) is 77.6 cm³/mol. The third kappa shape index (κ3) is 3.57. The Bertz CT molecular complexity index is 578. The third-order valence-electron chi connectivity index (χ3n) is 2.87. The largest absolute Gasteiger partial charge is 0.385 e. The maximum Gasteiger partial charge on any atom is 0.254 e. The SMILES string of the molecule is CCNc1ccncc1C(=O)NCCc1ccn(C)n1. The Morgan fingerprint density at radius 3 is 2.95 bits per heavy atom. The quantitative estimate of drug-likeness (QED) is 0.830. The van der Waals surface area contributed by atoms with E-state index in [0.717, 1.165) is 17.9 Å². The highest BCUT2D eigenvalue weighted by molar-refractivity contribution is 5.99. The summed E-state index contributed by atoms with van der Waals surface area (Å²) < 4.78 is 1.75. The van der Waals surface area contributed by atoms with Gasteiger partial charge in [-0.25, -0.2) is 0 Å². The van der Waals surface area contributed by atoms with Gasteiger partial charge in [0.2, 0.25) is 0 Å². The molecule has 0 fully saturated rings. The van der Waals surface area contributed by atoms with Crippen molar-refractivity contribution in [1.29, 1.82) is 0 Å². The molecule has 106 valence electrons. The maximum atomic E-state index is 12.1. The van der Waals surface area contributed by atoms with Crippen LogP contribution in [-0.2, 0) is 13.5 Å². The lowest BCUT2D eigenvalue weighted by Crippen LogP contribution is -2.26. The van der Waals surface area contributed by atoms with Crippen LogP contribution in [0, 0.1) is 0 Å². The molecule has 2 N–H and O–H groups in total. The summed E-state index contributed by atoms with van der Waals surface area (Å²) in [5.41, 5.74) is 2.33. The molecule has 0 unspecified atom stereocenters. The van der Waals surface area contributed by atoms with Crippen molar-refractivity contribution in [2.45, 2.75) is 13.3 Å². The zero-order valence-corrected chi connectivity index (χ0v) is 11.8. The molecule has 1 amide bonds. The number of hydrogen-bond donors (Lipinski definition) is 2. The van der Waals surface area contributed by atoms with Crippen LogP contribution >= 0.6 is 0 Å². The average molecular weight is 273 g/mol. The van der Waals surface area contributed by atoms with Gasteiger partial charge in [0.1, 0.15) is 0 Å². The van der Waals surface area contributed by atoms with E-state index < -0.39 is 0 Å². The van der Waals surface area contributed by atoms with Crippen LogP contribution in [0.2, 0.25) is 0 Å². The third-order valence-corrected chi connectivity index (χ3v) is 2.87. The van der Waals surface area contributed by atoms with Crippen molar-refractivity contribution >= 4 is 11.6 Å². The molecule has 2 heterocycles. The van der Waals surface area contributed by atoms with Crippen molar-refractivity contribution in [3.63, 3.8) is 0 Å². The topological polar surface area (TPSA) is 71.8 Å². The van der Waals surface area contributed by atoms with Crippen LogP contribution in [0.5, 0.6) is 0 Å². The molecule has 0 radical (unpaired) electrons. The number of anilines is 1. The molecular formula is C14H19N5O. The van der Waals surface area contributed by atoms with E-state index in [1.807, 2.05) is 26.2 Å². The minimum absolute atomic E-state index is 0.120. The van der Waals surface area contributed by atoms with Gasteiger partial charge >= 0.3 is 0 Å². The van der Waals surface area contributed by atoms with Gasteiger partial charge in [-0.05, 0) is 19.1 Å². The first-order chi connectivity index (χ1) is 9.70. The molecule has 0 saturated carbocycles. The van der Waals surface area contributed by atoms with Gasteiger partial charge in [0.25, 0.3) is 5.91 Å². The van der Waals surface area contributed by atoms with Gasteiger partial charge in [-0.15, -0.1) is 0 Å². The first-order valence-corrected chi connectivity index (χ1v) is 6.65. The Morgan fingerprint density at radius 1 is 1.40 bits per heavy atom. The minimum Gasteiger partial charge on any atom is -0.385 e. The van der Waals surface area contributed by atoms with E-state index in [4.69, 9.17) is 0 Å². The van der Waals surface area contributed by atoms with E-state index >= 15 is 0 Å². The molecule has 0 aliphatic rings. The molecule has 0 bridgehead atoms. The van der Waals surface area contributed by atoms with E-state index in [1.165, 1.54) is 0 Å². The summed E-state index contributed by atoms with van der Waals surface area (Å²) in [4.78, 5) is 16.1. The Kier molecular flexibility index (Phi) is 4.70. The summed E-state index contributed by atoms with van der Waals surface area (Å²) in [6.45, 7) is 3.30. The molecular weight excluding hydrogens is 254 g/mol. The van der Waals surface area contributed by atoms with Crippen LogP contribution in [0.25, 0.3) is 0 Å². The Balaban J connectivity index is 1.91. The van der Waals surface area contributed by atoms with E-state index in [-0.39, 0.29) is 5.91 Å². The summed E-state index contributed by atoms with van der Waals surface area (Å²) in [5, 5.41) is 10.3. The van der Waals surface area contributed by atoms with Gasteiger partial charge in [0.15, 0.2) is 0 Å². The minimum atomic E-state index is -0.120. The Morgan fingerprint density at radius 2 is 2.25 bits per heavy atom. The van der Waals surface area contributed by atoms with Crippen LogP contribution < -0.4 is 10.6 Å². The molecule has 6 nitrogen and oxygen atoms in total. The van der Waals surface area contributed by atoms with Crippen molar-refractivity contribution in [1.82, 2.24) is 20.1 Å². The molecule has 0 saturated heterocycles. The lowest BCUT2D eigenvalue weighted by Gasteiger charge is -2.10. The number of nitrogens with zero attached hydrogens (tertiary/aromatic N) is 3. The highest BCUT2D eigenvalue weighted by Crippen LogP contribution is 2.12. The maximum absolute atomic E-state index is 12.1. The molecule has 2 aromatic rings. The van der Waals surface area contributed by atoms with E-state index in [0.29, 0.717) is 18.5 Å². The van der Waals surface area contributed by atoms with Crippen molar-refractivity contribution in [3.05, 3.63) is 42.0 Å². The molecule has 20 heavy (non-hydrogen) atoms. The lowest BCUT2D eigenvalue weighted by atomic mass is 10.2. The van der Waals surface area contributed by atoms with Crippen LogP contribution in [-0.4, -0.2) is 33.8 Å². The monoisotopic (exact) mass is 273 g/mol. The van der Waals surface area contributed by atoms with Crippen LogP contribution in [0.3, 0.4) is 0 Å². The van der Waals surface area contributed by atoms with E-state index in [2.05, 4.69) is 20.7 Å². The summed E-state index contributed by atoms with van der Waals surface area (Å²) >= 11 is 0. The zero-order chi connectivity index (χ0) is 14.4. The van der Waals surface area contributed by atoms with Gasteiger partial charge in [0.05, 0.1) is 16.9 Å². The van der Waals surface area contributed by atoms with Crippen LogP contribution in [0.1, 0.15) is 23.0 Å². The first-order valence-electron chi connectivity index (χ1n) is 6.65. The number of aromatic nitrogens is 3. The molecule has 0 spiro atoms. The number of pyridine rings is 1. The number of rotatable bonds is 6. The highest BCUT2D eigenvalue weighted by Gasteiger charge is 2.10. The number of hydrogen-bond acceptors (Lipinski definition) is 4. The number of carbonyl (C=O) groups excluding carboxylic acids is 1. The predicted octanol–water partition coefficient (Wildman–Crippen LogP) is 1.22. The summed E-state index contributed by atoms with van der Waals surface area (Å²) in [7, 11) is 1.88. The average Bonchev–Trinajstić information content (AvgIpc) is 2.85. The van der Waals surface area contributed by atoms with E-state index in [1.54, 1.807) is 23.1 Å². The number of nitrogens with one attached hydrogen (secondary N) is 2. The van der Waals surface area contributed by atoms with E-state index in [9.17, 15) is 4.79 Å². The van der Waals surface area contributed by atoms with Gasteiger partial charge < -0.3 is 10.6 Å². The van der Waals surface area contributed by atoms with Crippen molar-refractivity contribution in [2.75, 3.05) is 18.4 Å². The fourth-order valence-corrected chi connectivity index (χ4v) is 1.92. The smallest absolute Gasteiger partial charge is 0.254 e. The number of carbonyl (C=O) groups is 1. The Labute approximate surface area is 118 Å². The fourth-order valence-electron chi connectivity index (χ4n) is 1.92. The molecule has 0 aliphatic heterocycles. The Hall–Kier alpha value is -2.37. The normalized spacial score (nSPS) is 10.3. The number of aryl methyl sites for hydroxylation is 1.